The number of rotatable bonds is 1. The Kier molecular flexibility index (Phi) is 2.23. The molecule has 0 unspecified atom stereocenters. The van der Waals surface area contributed by atoms with Gasteiger partial charge in [-0.15, -0.1) is 0 Å². The Labute approximate surface area is 84.4 Å². The fraction of sp³-hybridized carbons (Fsp3) is 0.300. The van der Waals surface area contributed by atoms with Gasteiger partial charge in [0.2, 0.25) is 10.0 Å². The van der Waals surface area contributed by atoms with Crippen LogP contribution in [0.25, 0.3) is 0 Å². The summed E-state index contributed by atoms with van der Waals surface area (Å²) in [6.45, 7) is 0.551. The van der Waals surface area contributed by atoms with Crippen LogP contribution < -0.4 is 4.31 Å². The minimum Gasteiger partial charge on any atom is -0.270 e. The van der Waals surface area contributed by atoms with Crippen LogP contribution in [0.15, 0.2) is 24.3 Å². The van der Waals surface area contributed by atoms with E-state index < -0.39 is 10.0 Å². The van der Waals surface area contributed by atoms with Crippen molar-refractivity contribution in [3.05, 3.63) is 36.2 Å². The third kappa shape index (κ3) is 1.62. The lowest BCUT2D eigenvalue weighted by Crippen LogP contribution is -2.33. The Morgan fingerprint density at radius 2 is 2.00 bits per heavy atom. The number of fused-ring (bicyclic) bond motifs is 1. The first-order valence-electron chi connectivity index (χ1n) is 4.49. The normalized spacial score (nSPS) is 16.5. The SMILES string of the molecule is CS(=O)(=O)N1CC[CH]c2ccccc21. The van der Waals surface area contributed by atoms with Crippen molar-refractivity contribution in [1.29, 1.82) is 0 Å². The van der Waals surface area contributed by atoms with Gasteiger partial charge in [-0.2, -0.15) is 0 Å². The molecule has 1 aliphatic rings. The van der Waals surface area contributed by atoms with Crippen molar-refractivity contribution in [1.82, 2.24) is 0 Å². The lowest BCUT2D eigenvalue weighted by Gasteiger charge is -2.28. The number of nitrogens with zero attached hydrogens (tertiary/aromatic N) is 1. The predicted octanol–water partition coefficient (Wildman–Crippen LogP) is 1.41. The first-order chi connectivity index (χ1) is 6.59. The smallest absolute Gasteiger partial charge is 0.232 e. The number of anilines is 1. The maximum absolute atomic E-state index is 11.5. The van der Waals surface area contributed by atoms with Gasteiger partial charge in [0.15, 0.2) is 0 Å². The van der Waals surface area contributed by atoms with Crippen LogP contribution >= 0.6 is 0 Å². The van der Waals surface area contributed by atoms with Gasteiger partial charge in [-0.3, -0.25) is 4.31 Å². The largest absolute Gasteiger partial charge is 0.270 e. The molecule has 0 aromatic heterocycles. The maximum Gasteiger partial charge on any atom is 0.232 e. The number of para-hydroxylation sites is 1. The lowest BCUT2D eigenvalue weighted by atomic mass is 10.0. The minimum absolute atomic E-state index is 0.551. The van der Waals surface area contributed by atoms with Gasteiger partial charge in [0, 0.05) is 6.54 Å². The van der Waals surface area contributed by atoms with E-state index in [2.05, 4.69) is 6.42 Å². The van der Waals surface area contributed by atoms with E-state index in [-0.39, 0.29) is 0 Å². The van der Waals surface area contributed by atoms with Gasteiger partial charge in [-0.25, -0.2) is 8.42 Å². The molecule has 0 saturated heterocycles. The molecule has 14 heavy (non-hydrogen) atoms. The average Bonchev–Trinajstić information content (AvgIpc) is 2.15. The third-order valence-electron chi connectivity index (χ3n) is 2.30. The zero-order valence-electron chi connectivity index (χ0n) is 7.97. The van der Waals surface area contributed by atoms with Crippen LogP contribution in [0.5, 0.6) is 0 Å². The molecule has 1 aromatic carbocycles. The Morgan fingerprint density at radius 3 is 2.71 bits per heavy atom. The Hall–Kier alpha value is -1.03. The molecule has 2 rings (SSSR count). The van der Waals surface area contributed by atoms with Gasteiger partial charge in [-0.1, -0.05) is 18.2 Å². The van der Waals surface area contributed by atoms with Crippen molar-refractivity contribution in [2.24, 2.45) is 0 Å². The number of hydrogen-bond acceptors (Lipinski definition) is 2. The monoisotopic (exact) mass is 210 g/mol. The molecule has 1 heterocycles. The average molecular weight is 210 g/mol. The fourth-order valence-electron chi connectivity index (χ4n) is 1.69. The highest BCUT2D eigenvalue weighted by atomic mass is 32.2. The Bertz CT molecular complexity index is 439. The van der Waals surface area contributed by atoms with E-state index in [4.69, 9.17) is 0 Å². The van der Waals surface area contributed by atoms with Gasteiger partial charge in [0.05, 0.1) is 11.9 Å². The molecule has 0 spiro atoms. The molecule has 0 N–H and O–H groups in total. The van der Waals surface area contributed by atoms with Crippen molar-refractivity contribution in [2.45, 2.75) is 6.42 Å². The van der Waals surface area contributed by atoms with Crippen LogP contribution in [0.2, 0.25) is 0 Å². The van der Waals surface area contributed by atoms with Gasteiger partial charge >= 0.3 is 0 Å². The van der Waals surface area contributed by atoms with Gasteiger partial charge in [0.25, 0.3) is 0 Å². The third-order valence-corrected chi connectivity index (χ3v) is 3.48. The lowest BCUT2D eigenvalue weighted by molar-refractivity contribution is 0.595. The van der Waals surface area contributed by atoms with Crippen molar-refractivity contribution >= 4 is 15.7 Å². The molecule has 4 heteroatoms. The van der Waals surface area contributed by atoms with Crippen LogP contribution in [0.1, 0.15) is 12.0 Å². The zero-order valence-corrected chi connectivity index (χ0v) is 8.79. The number of hydrogen-bond donors (Lipinski definition) is 0. The summed E-state index contributed by atoms with van der Waals surface area (Å²) < 4.78 is 24.4. The van der Waals surface area contributed by atoms with E-state index in [1.165, 1.54) is 10.6 Å². The highest BCUT2D eigenvalue weighted by Crippen LogP contribution is 2.29. The molecule has 75 valence electrons. The fourth-order valence-corrected chi connectivity index (χ4v) is 2.65. The molecule has 1 aliphatic heterocycles. The summed E-state index contributed by atoms with van der Waals surface area (Å²) in [6.07, 6.45) is 4.09. The first kappa shape index (κ1) is 9.52. The van der Waals surface area contributed by atoms with Crippen LogP contribution in [-0.2, 0) is 10.0 Å². The number of sulfonamides is 1. The molecule has 0 atom stereocenters. The predicted molar refractivity (Wildman–Crippen MR) is 56.7 cm³/mol. The van der Waals surface area contributed by atoms with Crippen LogP contribution in [0, 0.1) is 6.42 Å². The highest BCUT2D eigenvalue weighted by molar-refractivity contribution is 7.92. The minimum atomic E-state index is -3.13. The van der Waals surface area contributed by atoms with E-state index in [0.29, 0.717) is 6.54 Å². The second-order valence-electron chi connectivity index (χ2n) is 3.39. The first-order valence-corrected chi connectivity index (χ1v) is 6.34. The van der Waals surface area contributed by atoms with Crippen molar-refractivity contribution in [2.75, 3.05) is 17.1 Å². The zero-order chi connectivity index (χ0) is 10.2. The quantitative estimate of drug-likeness (QED) is 0.702. The van der Waals surface area contributed by atoms with Crippen LogP contribution in [-0.4, -0.2) is 21.2 Å². The summed E-state index contributed by atoms with van der Waals surface area (Å²) in [5.74, 6) is 0. The summed E-state index contributed by atoms with van der Waals surface area (Å²) in [5.41, 5.74) is 1.80. The highest BCUT2D eigenvalue weighted by Gasteiger charge is 2.23. The molecule has 0 fully saturated rings. The second-order valence-corrected chi connectivity index (χ2v) is 5.29. The molecule has 0 aliphatic carbocycles. The molecule has 0 bridgehead atoms. The summed E-state index contributed by atoms with van der Waals surface area (Å²) in [6, 6.07) is 7.55. The standard InChI is InChI=1S/C10H12NO2S/c1-14(12,13)11-8-4-6-9-5-2-3-7-10(9)11/h2-3,5-7H,4,8H2,1H3. The van der Waals surface area contributed by atoms with E-state index >= 15 is 0 Å². The van der Waals surface area contributed by atoms with Crippen LogP contribution in [0.4, 0.5) is 5.69 Å². The summed E-state index contributed by atoms with van der Waals surface area (Å²) >= 11 is 0. The molecule has 3 nitrogen and oxygen atoms in total. The Balaban J connectivity index is 2.51. The molecule has 1 radical (unpaired) electrons. The maximum atomic E-state index is 11.5. The van der Waals surface area contributed by atoms with Crippen molar-refractivity contribution in [3.8, 4) is 0 Å². The van der Waals surface area contributed by atoms with Crippen molar-refractivity contribution < 1.29 is 8.42 Å². The van der Waals surface area contributed by atoms with Gasteiger partial charge in [0.1, 0.15) is 0 Å². The van der Waals surface area contributed by atoms with Crippen LogP contribution in [0.3, 0.4) is 0 Å². The van der Waals surface area contributed by atoms with Crippen molar-refractivity contribution in [3.63, 3.8) is 0 Å². The Morgan fingerprint density at radius 1 is 1.29 bits per heavy atom. The van der Waals surface area contributed by atoms with E-state index in [1.807, 2.05) is 24.3 Å². The summed E-state index contributed by atoms with van der Waals surface area (Å²) in [5, 5.41) is 0. The number of benzene rings is 1. The summed E-state index contributed by atoms with van der Waals surface area (Å²) in [4.78, 5) is 0. The molecular formula is C10H12NO2S. The van der Waals surface area contributed by atoms with E-state index in [0.717, 1.165) is 17.7 Å². The molecule has 1 aromatic rings. The second kappa shape index (κ2) is 3.28. The van der Waals surface area contributed by atoms with Gasteiger partial charge < -0.3 is 0 Å². The molecule has 0 amide bonds. The molecular weight excluding hydrogens is 198 g/mol. The molecule has 0 saturated carbocycles. The summed E-state index contributed by atoms with van der Waals surface area (Å²) in [7, 11) is -3.13. The van der Waals surface area contributed by atoms with E-state index in [1.54, 1.807) is 0 Å². The van der Waals surface area contributed by atoms with E-state index in [9.17, 15) is 8.42 Å². The topological polar surface area (TPSA) is 37.4 Å². The van der Waals surface area contributed by atoms with Gasteiger partial charge in [-0.05, 0) is 24.5 Å².